The van der Waals surface area contributed by atoms with E-state index in [4.69, 9.17) is 0 Å². The highest BCUT2D eigenvalue weighted by Crippen LogP contribution is 2.11. The first-order valence-electron chi connectivity index (χ1n) is 8.51. The molecular weight excluding hydrogens is 408 g/mol. The van der Waals surface area contributed by atoms with Crippen molar-refractivity contribution in [2.24, 2.45) is 0 Å². The summed E-state index contributed by atoms with van der Waals surface area (Å²) in [6.45, 7) is 0.455. The Labute approximate surface area is 165 Å². The lowest BCUT2D eigenvalue weighted by molar-refractivity contribution is -0.120. The molecule has 138 valence electrons. The van der Waals surface area contributed by atoms with Crippen LogP contribution in [0, 0.1) is 0 Å². The van der Waals surface area contributed by atoms with Gasteiger partial charge in [0.15, 0.2) is 0 Å². The Morgan fingerprint density at radius 2 is 1.85 bits per heavy atom. The van der Waals surface area contributed by atoms with E-state index in [2.05, 4.69) is 31.7 Å². The lowest BCUT2D eigenvalue weighted by Crippen LogP contribution is -2.37. The molecule has 0 atom stereocenters. The summed E-state index contributed by atoms with van der Waals surface area (Å²) < 4.78 is 2.61. The molecule has 2 amide bonds. The predicted molar refractivity (Wildman–Crippen MR) is 107 cm³/mol. The largest absolute Gasteiger partial charge is 0.354 e. The van der Waals surface area contributed by atoms with Gasteiger partial charge in [-0.15, -0.1) is 0 Å². The highest BCUT2D eigenvalue weighted by atomic mass is 79.9. The van der Waals surface area contributed by atoms with Crippen LogP contribution in [0.3, 0.4) is 0 Å². The van der Waals surface area contributed by atoms with Crippen molar-refractivity contribution >= 4 is 27.7 Å². The third-order valence-electron chi connectivity index (χ3n) is 3.94. The normalized spacial score (nSPS) is 10.4. The average Bonchev–Trinajstić information content (AvgIpc) is 3.21. The Hall–Kier alpha value is -2.93. The number of hydrogen-bond acceptors (Lipinski definition) is 3. The second-order valence-electron chi connectivity index (χ2n) is 5.91. The quantitative estimate of drug-likeness (QED) is 0.609. The third-order valence-corrected chi connectivity index (χ3v) is 4.43. The van der Waals surface area contributed by atoms with Crippen molar-refractivity contribution in [1.82, 2.24) is 20.4 Å². The van der Waals surface area contributed by atoms with Crippen LogP contribution in [0.4, 0.5) is 0 Å². The minimum absolute atomic E-state index is 0.0520. The van der Waals surface area contributed by atoms with Gasteiger partial charge in [0.2, 0.25) is 5.91 Å². The summed E-state index contributed by atoms with van der Waals surface area (Å²) in [5.41, 5.74) is 2.61. The molecule has 2 aromatic carbocycles. The van der Waals surface area contributed by atoms with Gasteiger partial charge in [-0.25, -0.2) is 4.68 Å². The zero-order valence-corrected chi connectivity index (χ0v) is 16.1. The Kier molecular flexibility index (Phi) is 6.38. The topological polar surface area (TPSA) is 76.0 Å². The molecule has 0 aliphatic carbocycles. The monoisotopic (exact) mass is 426 g/mol. The van der Waals surface area contributed by atoms with Gasteiger partial charge in [0.1, 0.15) is 0 Å². The molecule has 1 heterocycles. The van der Waals surface area contributed by atoms with Crippen molar-refractivity contribution in [1.29, 1.82) is 0 Å². The van der Waals surface area contributed by atoms with E-state index in [0.29, 0.717) is 18.5 Å². The molecule has 1 aromatic heterocycles. The van der Waals surface area contributed by atoms with Crippen LogP contribution in [0.25, 0.3) is 5.69 Å². The number of hydrogen-bond donors (Lipinski definition) is 2. The molecule has 0 unspecified atom stereocenters. The summed E-state index contributed by atoms with van der Waals surface area (Å²) in [6.07, 6.45) is 4.33. The third kappa shape index (κ3) is 5.52. The van der Waals surface area contributed by atoms with E-state index in [1.807, 2.05) is 42.6 Å². The molecule has 27 heavy (non-hydrogen) atoms. The highest BCUT2D eigenvalue weighted by Gasteiger charge is 2.08. The molecule has 0 radical (unpaired) electrons. The molecule has 6 nitrogen and oxygen atoms in total. The lowest BCUT2D eigenvalue weighted by atomic mass is 10.1. The molecule has 0 fully saturated rings. The van der Waals surface area contributed by atoms with Crippen LogP contribution in [-0.4, -0.2) is 34.7 Å². The Balaban J connectivity index is 1.40. The first-order chi connectivity index (χ1) is 13.1. The van der Waals surface area contributed by atoms with Gasteiger partial charge in [-0.05, 0) is 48.4 Å². The van der Waals surface area contributed by atoms with E-state index in [9.17, 15) is 9.59 Å². The molecule has 0 bridgehead atoms. The summed E-state index contributed by atoms with van der Waals surface area (Å²) in [5.74, 6) is -0.493. The van der Waals surface area contributed by atoms with Crippen molar-refractivity contribution in [3.8, 4) is 5.69 Å². The van der Waals surface area contributed by atoms with Gasteiger partial charge in [-0.2, -0.15) is 5.10 Å². The van der Waals surface area contributed by atoms with Crippen molar-refractivity contribution in [3.05, 3.63) is 82.6 Å². The van der Waals surface area contributed by atoms with E-state index in [-0.39, 0.29) is 18.4 Å². The first kappa shape index (κ1) is 18.8. The van der Waals surface area contributed by atoms with Crippen LogP contribution in [0.15, 0.2) is 71.5 Å². The molecule has 3 aromatic rings. The van der Waals surface area contributed by atoms with Crippen molar-refractivity contribution in [2.45, 2.75) is 6.42 Å². The van der Waals surface area contributed by atoms with Crippen LogP contribution in [-0.2, 0) is 11.2 Å². The van der Waals surface area contributed by atoms with Gasteiger partial charge in [-0.3, -0.25) is 9.59 Å². The minimum atomic E-state index is -0.277. The van der Waals surface area contributed by atoms with E-state index in [0.717, 1.165) is 15.7 Å². The second-order valence-corrected chi connectivity index (χ2v) is 6.83. The zero-order valence-electron chi connectivity index (χ0n) is 14.6. The Bertz CT molecular complexity index is 908. The molecule has 0 aliphatic rings. The number of carbonyl (C=O) groups is 2. The van der Waals surface area contributed by atoms with Crippen molar-refractivity contribution in [2.75, 3.05) is 13.1 Å². The Morgan fingerprint density at radius 3 is 2.56 bits per heavy atom. The fourth-order valence-electron chi connectivity index (χ4n) is 2.54. The second kappa shape index (κ2) is 9.14. The Morgan fingerprint density at radius 1 is 1.04 bits per heavy atom. The summed E-state index contributed by atoms with van der Waals surface area (Å²) in [4.78, 5) is 23.9. The number of aromatic nitrogens is 2. The number of rotatable bonds is 7. The average molecular weight is 427 g/mol. The lowest BCUT2D eigenvalue weighted by Gasteiger charge is -2.08. The van der Waals surface area contributed by atoms with E-state index in [1.54, 1.807) is 29.1 Å². The molecule has 3 rings (SSSR count). The van der Waals surface area contributed by atoms with Gasteiger partial charge in [-0.1, -0.05) is 34.1 Å². The minimum Gasteiger partial charge on any atom is -0.354 e. The SMILES string of the molecule is O=C(CNC(=O)c1cccc(Br)c1)NCCc1ccc(-n2cccn2)cc1. The zero-order chi connectivity index (χ0) is 19.1. The number of halogens is 1. The standard InChI is InChI=1S/C20H19BrN4O2/c21-17-4-1-3-16(13-17)20(27)23-14-19(26)22-11-9-15-5-7-18(8-6-15)25-12-2-10-24-25/h1-8,10,12-13H,9,11,14H2,(H,22,26)(H,23,27). The highest BCUT2D eigenvalue weighted by molar-refractivity contribution is 9.10. The summed E-state index contributed by atoms with van der Waals surface area (Å²) in [6, 6.07) is 16.9. The molecule has 0 saturated heterocycles. The van der Waals surface area contributed by atoms with Crippen LogP contribution >= 0.6 is 15.9 Å². The summed E-state index contributed by atoms with van der Waals surface area (Å²) in [5, 5.41) is 9.61. The summed E-state index contributed by atoms with van der Waals surface area (Å²) >= 11 is 3.32. The number of benzene rings is 2. The van der Waals surface area contributed by atoms with Gasteiger partial charge in [0.05, 0.1) is 12.2 Å². The van der Waals surface area contributed by atoms with Gasteiger partial charge in [0, 0.05) is 29.0 Å². The molecule has 0 spiro atoms. The van der Waals surface area contributed by atoms with E-state index >= 15 is 0 Å². The van der Waals surface area contributed by atoms with E-state index in [1.165, 1.54) is 0 Å². The molecule has 2 N–H and O–H groups in total. The van der Waals surface area contributed by atoms with Gasteiger partial charge in [0.25, 0.3) is 5.91 Å². The number of amides is 2. The fourth-order valence-corrected chi connectivity index (χ4v) is 2.94. The number of carbonyl (C=O) groups excluding carboxylic acids is 2. The van der Waals surface area contributed by atoms with Crippen LogP contribution in [0.5, 0.6) is 0 Å². The van der Waals surface area contributed by atoms with Crippen LogP contribution < -0.4 is 10.6 Å². The van der Waals surface area contributed by atoms with Crippen LogP contribution in [0.1, 0.15) is 15.9 Å². The van der Waals surface area contributed by atoms with Gasteiger partial charge < -0.3 is 10.6 Å². The number of nitrogens with one attached hydrogen (secondary N) is 2. The maximum Gasteiger partial charge on any atom is 0.251 e. The van der Waals surface area contributed by atoms with Crippen molar-refractivity contribution in [3.63, 3.8) is 0 Å². The van der Waals surface area contributed by atoms with Gasteiger partial charge >= 0.3 is 0 Å². The first-order valence-corrected chi connectivity index (χ1v) is 9.30. The van der Waals surface area contributed by atoms with E-state index < -0.39 is 0 Å². The molecule has 0 aliphatic heterocycles. The number of nitrogens with zero attached hydrogens (tertiary/aromatic N) is 2. The molecule has 0 saturated carbocycles. The molecular formula is C20H19BrN4O2. The predicted octanol–water partition coefficient (Wildman–Crippen LogP) is 2.72. The molecule has 7 heteroatoms. The maximum absolute atomic E-state index is 12.0. The van der Waals surface area contributed by atoms with Crippen LogP contribution in [0.2, 0.25) is 0 Å². The summed E-state index contributed by atoms with van der Waals surface area (Å²) in [7, 11) is 0. The van der Waals surface area contributed by atoms with Crippen molar-refractivity contribution < 1.29 is 9.59 Å². The smallest absolute Gasteiger partial charge is 0.251 e. The fraction of sp³-hybridized carbons (Fsp3) is 0.150. The maximum atomic E-state index is 12.0.